The molecular weight excluding hydrogens is 234 g/mol. The predicted octanol–water partition coefficient (Wildman–Crippen LogP) is 1.36. The number of carbonyl (C=O) groups is 2. The molecule has 1 aromatic carbocycles. The van der Waals surface area contributed by atoms with Crippen LogP contribution in [0, 0.1) is 13.8 Å². The summed E-state index contributed by atoms with van der Waals surface area (Å²) in [7, 11) is 3.07. The quantitative estimate of drug-likeness (QED) is 0.823. The molecule has 0 saturated carbocycles. The van der Waals surface area contributed by atoms with Gasteiger partial charge in [-0.05, 0) is 36.6 Å². The summed E-state index contributed by atoms with van der Waals surface area (Å²) >= 11 is 0. The van der Waals surface area contributed by atoms with Gasteiger partial charge in [0.05, 0.1) is 7.11 Å². The van der Waals surface area contributed by atoms with Gasteiger partial charge in [-0.15, -0.1) is 0 Å². The molecule has 18 heavy (non-hydrogen) atoms. The fourth-order valence-corrected chi connectivity index (χ4v) is 1.73. The van der Waals surface area contributed by atoms with Crippen LogP contribution in [0.2, 0.25) is 0 Å². The van der Waals surface area contributed by atoms with Crippen molar-refractivity contribution >= 4 is 11.9 Å². The van der Waals surface area contributed by atoms with Crippen molar-refractivity contribution in [1.82, 2.24) is 4.90 Å². The van der Waals surface area contributed by atoms with Crippen molar-refractivity contribution in [2.24, 2.45) is 0 Å². The van der Waals surface area contributed by atoms with E-state index in [2.05, 4.69) is 0 Å². The maximum Gasteiger partial charge on any atom is 0.394 e. The lowest BCUT2D eigenvalue weighted by Gasteiger charge is -2.17. The molecule has 0 bridgehead atoms. The highest BCUT2D eigenvalue weighted by molar-refractivity contribution is 6.31. The highest BCUT2D eigenvalue weighted by Gasteiger charge is 2.18. The van der Waals surface area contributed by atoms with Gasteiger partial charge in [0.25, 0.3) is 0 Å². The van der Waals surface area contributed by atoms with E-state index in [9.17, 15) is 9.59 Å². The molecule has 98 valence electrons. The summed E-state index contributed by atoms with van der Waals surface area (Å²) in [6.45, 7) is 4.07. The molecule has 0 aliphatic carbocycles. The van der Waals surface area contributed by atoms with Gasteiger partial charge in [-0.1, -0.05) is 6.07 Å². The number of hydrogen-bond acceptors (Lipinski definition) is 3. The van der Waals surface area contributed by atoms with Crippen molar-refractivity contribution in [3.05, 3.63) is 28.8 Å². The first-order valence-electron chi connectivity index (χ1n) is 5.49. The van der Waals surface area contributed by atoms with E-state index in [1.54, 1.807) is 7.11 Å². The van der Waals surface area contributed by atoms with E-state index in [0.717, 1.165) is 22.4 Å². The Kier molecular flexibility index (Phi) is 4.31. The summed E-state index contributed by atoms with van der Waals surface area (Å²) in [6, 6.07) is 3.78. The third-order valence-corrected chi connectivity index (χ3v) is 2.79. The van der Waals surface area contributed by atoms with Crippen LogP contribution >= 0.6 is 0 Å². The number of ether oxygens (including phenoxy) is 1. The Morgan fingerprint density at radius 2 is 1.89 bits per heavy atom. The van der Waals surface area contributed by atoms with Gasteiger partial charge < -0.3 is 14.7 Å². The van der Waals surface area contributed by atoms with Crippen LogP contribution in [0.4, 0.5) is 0 Å². The van der Waals surface area contributed by atoms with Gasteiger partial charge in [-0.25, -0.2) is 4.79 Å². The number of aliphatic carboxylic acids is 1. The fourth-order valence-electron chi connectivity index (χ4n) is 1.73. The van der Waals surface area contributed by atoms with Gasteiger partial charge in [0.15, 0.2) is 0 Å². The normalized spacial score (nSPS) is 10.0. The van der Waals surface area contributed by atoms with Gasteiger partial charge in [0.1, 0.15) is 5.75 Å². The third kappa shape index (κ3) is 3.00. The van der Waals surface area contributed by atoms with Crippen molar-refractivity contribution in [2.45, 2.75) is 20.4 Å². The predicted molar refractivity (Wildman–Crippen MR) is 66.6 cm³/mol. The Bertz CT molecular complexity index is 482. The van der Waals surface area contributed by atoms with Crippen LogP contribution < -0.4 is 4.74 Å². The van der Waals surface area contributed by atoms with Crippen molar-refractivity contribution in [1.29, 1.82) is 0 Å². The Morgan fingerprint density at radius 1 is 1.28 bits per heavy atom. The molecule has 0 unspecified atom stereocenters. The molecule has 0 aromatic heterocycles. The molecule has 1 N–H and O–H groups in total. The van der Waals surface area contributed by atoms with E-state index in [-0.39, 0.29) is 6.54 Å². The molecule has 0 atom stereocenters. The Labute approximate surface area is 106 Å². The van der Waals surface area contributed by atoms with Gasteiger partial charge in [0.2, 0.25) is 0 Å². The first kappa shape index (κ1) is 14.0. The second-order valence-electron chi connectivity index (χ2n) is 4.21. The van der Waals surface area contributed by atoms with Gasteiger partial charge in [-0.3, -0.25) is 4.79 Å². The standard InChI is InChI=1S/C13H17NO4/c1-8-6-11(18-4)9(2)5-10(8)7-14(3)12(15)13(16)17/h5-6H,7H2,1-4H3,(H,16,17). The molecule has 1 aromatic rings. The number of methoxy groups -OCH3 is 1. The second kappa shape index (κ2) is 5.53. The number of carbonyl (C=O) groups excluding carboxylic acids is 1. The van der Waals surface area contributed by atoms with Crippen LogP contribution in [0.25, 0.3) is 0 Å². The molecule has 5 heteroatoms. The van der Waals surface area contributed by atoms with Crippen LogP contribution in [0.5, 0.6) is 5.75 Å². The smallest absolute Gasteiger partial charge is 0.394 e. The number of hydrogen-bond donors (Lipinski definition) is 1. The Morgan fingerprint density at radius 3 is 2.39 bits per heavy atom. The maximum atomic E-state index is 11.3. The van der Waals surface area contributed by atoms with Crippen LogP contribution in [-0.2, 0) is 16.1 Å². The SMILES string of the molecule is COc1cc(C)c(CN(C)C(=O)C(=O)O)cc1C. The van der Waals surface area contributed by atoms with Gasteiger partial charge in [0, 0.05) is 13.6 Å². The molecule has 0 fully saturated rings. The monoisotopic (exact) mass is 251 g/mol. The number of carboxylic acids is 1. The van der Waals surface area contributed by atoms with Crippen molar-refractivity contribution in [3.63, 3.8) is 0 Å². The maximum absolute atomic E-state index is 11.3. The number of likely N-dealkylation sites (N-methyl/N-ethyl adjacent to an activating group) is 1. The number of carboxylic acid groups (broad SMARTS) is 1. The molecule has 0 heterocycles. The number of nitrogens with zero attached hydrogens (tertiary/aromatic N) is 1. The Balaban J connectivity index is 2.95. The van der Waals surface area contributed by atoms with E-state index >= 15 is 0 Å². The van der Waals surface area contributed by atoms with Crippen LogP contribution in [-0.4, -0.2) is 36.0 Å². The highest BCUT2D eigenvalue weighted by Crippen LogP contribution is 2.23. The number of benzene rings is 1. The molecule has 0 radical (unpaired) electrons. The zero-order valence-corrected chi connectivity index (χ0v) is 11.0. The molecule has 5 nitrogen and oxygen atoms in total. The summed E-state index contributed by atoms with van der Waals surface area (Å²) in [6.07, 6.45) is 0. The summed E-state index contributed by atoms with van der Waals surface area (Å²) in [5, 5.41) is 8.63. The average Bonchev–Trinajstić information content (AvgIpc) is 2.32. The molecule has 1 rings (SSSR count). The molecular formula is C13H17NO4. The van der Waals surface area contributed by atoms with Crippen LogP contribution in [0.15, 0.2) is 12.1 Å². The van der Waals surface area contributed by atoms with Crippen LogP contribution in [0.1, 0.15) is 16.7 Å². The van der Waals surface area contributed by atoms with Gasteiger partial charge in [-0.2, -0.15) is 0 Å². The second-order valence-corrected chi connectivity index (χ2v) is 4.21. The minimum absolute atomic E-state index is 0.266. The molecule has 0 spiro atoms. The molecule has 0 saturated heterocycles. The van der Waals surface area contributed by atoms with Gasteiger partial charge >= 0.3 is 11.9 Å². The summed E-state index contributed by atoms with van der Waals surface area (Å²) in [5.74, 6) is -1.58. The summed E-state index contributed by atoms with van der Waals surface area (Å²) in [5.41, 5.74) is 2.82. The van der Waals surface area contributed by atoms with Crippen molar-refractivity contribution in [3.8, 4) is 5.75 Å². The molecule has 0 aliphatic heterocycles. The topological polar surface area (TPSA) is 66.8 Å². The number of amides is 1. The minimum Gasteiger partial charge on any atom is -0.496 e. The lowest BCUT2D eigenvalue weighted by molar-refractivity contribution is -0.155. The summed E-state index contributed by atoms with van der Waals surface area (Å²) in [4.78, 5) is 23.0. The highest BCUT2D eigenvalue weighted by atomic mass is 16.5. The first-order valence-corrected chi connectivity index (χ1v) is 5.49. The van der Waals surface area contributed by atoms with E-state index in [1.165, 1.54) is 11.9 Å². The largest absolute Gasteiger partial charge is 0.496 e. The van der Waals surface area contributed by atoms with Crippen molar-refractivity contribution < 1.29 is 19.4 Å². The van der Waals surface area contributed by atoms with Crippen molar-refractivity contribution in [2.75, 3.05) is 14.2 Å². The molecule has 0 aliphatic rings. The van der Waals surface area contributed by atoms with E-state index < -0.39 is 11.9 Å². The van der Waals surface area contributed by atoms with Crippen LogP contribution in [0.3, 0.4) is 0 Å². The molecule has 1 amide bonds. The number of rotatable bonds is 3. The third-order valence-electron chi connectivity index (χ3n) is 2.79. The average molecular weight is 251 g/mol. The number of aryl methyl sites for hydroxylation is 2. The lowest BCUT2D eigenvalue weighted by atomic mass is 10.0. The first-order chi connectivity index (χ1) is 8.36. The Hall–Kier alpha value is -2.04. The minimum atomic E-state index is -1.44. The fraction of sp³-hybridized carbons (Fsp3) is 0.385. The van der Waals surface area contributed by atoms with E-state index in [4.69, 9.17) is 9.84 Å². The summed E-state index contributed by atoms with van der Waals surface area (Å²) < 4.78 is 5.20. The zero-order valence-electron chi connectivity index (χ0n) is 11.0. The van der Waals surface area contributed by atoms with E-state index in [0.29, 0.717) is 0 Å². The van der Waals surface area contributed by atoms with E-state index in [1.807, 2.05) is 26.0 Å². The lowest BCUT2D eigenvalue weighted by Crippen LogP contribution is -2.32. The zero-order chi connectivity index (χ0) is 13.9.